The molecule has 1 atom stereocenters. The number of carbonyl (C=O) groups is 2. The fraction of sp³-hybridized carbons (Fsp3) is 0.391. The standard InChI is InChI=1S/C23H27N5O2/c1-3-18(23(30)25-21-13-20(26-27-21)15-5-6-15)17-7-8-19(24-14-17)16-9-11-28(12-10-16)22(29)4-2/h4,7-9,13-15,18H,2-3,5-6,10-12H2,1H3,(H2,25,26,27,30). The van der Waals surface area contributed by atoms with Crippen LogP contribution in [-0.2, 0) is 9.59 Å². The van der Waals surface area contributed by atoms with E-state index in [-0.39, 0.29) is 17.7 Å². The van der Waals surface area contributed by atoms with Gasteiger partial charge in [-0.3, -0.25) is 19.7 Å². The summed E-state index contributed by atoms with van der Waals surface area (Å²) >= 11 is 0. The molecule has 4 rings (SSSR count). The molecule has 1 aliphatic heterocycles. The summed E-state index contributed by atoms with van der Waals surface area (Å²) in [6.45, 7) is 6.75. The molecule has 7 heteroatoms. The molecule has 2 amide bonds. The van der Waals surface area contributed by atoms with Crippen LogP contribution in [0.4, 0.5) is 5.82 Å². The molecule has 156 valence electrons. The van der Waals surface area contributed by atoms with Crippen molar-refractivity contribution in [1.82, 2.24) is 20.1 Å². The number of amides is 2. The van der Waals surface area contributed by atoms with E-state index >= 15 is 0 Å². The zero-order valence-corrected chi connectivity index (χ0v) is 17.2. The second-order valence-corrected chi connectivity index (χ2v) is 7.88. The summed E-state index contributed by atoms with van der Waals surface area (Å²) in [6.07, 6.45) is 8.96. The first-order valence-electron chi connectivity index (χ1n) is 10.5. The minimum atomic E-state index is -0.284. The zero-order valence-electron chi connectivity index (χ0n) is 17.2. The molecule has 2 aromatic heterocycles. The Labute approximate surface area is 176 Å². The number of carbonyl (C=O) groups excluding carboxylic acids is 2. The summed E-state index contributed by atoms with van der Waals surface area (Å²) < 4.78 is 0. The molecule has 1 fully saturated rings. The van der Waals surface area contributed by atoms with Gasteiger partial charge in [0.2, 0.25) is 11.8 Å². The third kappa shape index (κ3) is 4.35. The van der Waals surface area contributed by atoms with E-state index in [2.05, 4.69) is 27.1 Å². The highest BCUT2D eigenvalue weighted by Gasteiger charge is 2.26. The number of aromatic nitrogens is 3. The Hall–Kier alpha value is -3.22. The van der Waals surface area contributed by atoms with Crippen LogP contribution >= 0.6 is 0 Å². The van der Waals surface area contributed by atoms with Gasteiger partial charge in [0.05, 0.1) is 11.6 Å². The monoisotopic (exact) mass is 405 g/mol. The molecule has 1 saturated carbocycles. The Bertz CT molecular complexity index is 972. The van der Waals surface area contributed by atoms with Gasteiger partial charge in [-0.2, -0.15) is 5.10 Å². The number of pyridine rings is 1. The number of hydrogen-bond donors (Lipinski definition) is 2. The van der Waals surface area contributed by atoms with Gasteiger partial charge < -0.3 is 10.2 Å². The van der Waals surface area contributed by atoms with Crippen molar-refractivity contribution in [3.05, 3.63) is 60.1 Å². The molecule has 2 N–H and O–H groups in total. The van der Waals surface area contributed by atoms with Crippen LogP contribution in [0.15, 0.2) is 43.1 Å². The topological polar surface area (TPSA) is 91.0 Å². The van der Waals surface area contributed by atoms with Crippen molar-refractivity contribution in [2.75, 3.05) is 18.4 Å². The summed E-state index contributed by atoms with van der Waals surface area (Å²) in [5.41, 5.74) is 3.99. The number of nitrogens with one attached hydrogen (secondary N) is 2. The van der Waals surface area contributed by atoms with E-state index in [9.17, 15) is 9.59 Å². The van der Waals surface area contributed by atoms with Crippen molar-refractivity contribution in [1.29, 1.82) is 0 Å². The lowest BCUT2D eigenvalue weighted by Crippen LogP contribution is -2.33. The van der Waals surface area contributed by atoms with Crippen LogP contribution in [0.2, 0.25) is 0 Å². The van der Waals surface area contributed by atoms with E-state index in [0.717, 1.165) is 28.9 Å². The molecular weight excluding hydrogens is 378 g/mol. The highest BCUT2D eigenvalue weighted by molar-refractivity contribution is 5.95. The molecule has 1 aliphatic carbocycles. The van der Waals surface area contributed by atoms with E-state index in [4.69, 9.17) is 0 Å². The van der Waals surface area contributed by atoms with Crippen molar-refractivity contribution in [3.63, 3.8) is 0 Å². The van der Waals surface area contributed by atoms with Gasteiger partial charge in [-0.05, 0) is 49.0 Å². The Morgan fingerprint density at radius 1 is 1.40 bits per heavy atom. The van der Waals surface area contributed by atoms with Gasteiger partial charge in [-0.15, -0.1) is 0 Å². The van der Waals surface area contributed by atoms with Gasteiger partial charge in [0.25, 0.3) is 0 Å². The Kier molecular flexibility index (Phi) is 5.79. The molecule has 0 saturated heterocycles. The summed E-state index contributed by atoms with van der Waals surface area (Å²) in [5.74, 6) is 0.741. The normalized spacial score (nSPS) is 17.2. The summed E-state index contributed by atoms with van der Waals surface area (Å²) in [6, 6.07) is 5.86. The average Bonchev–Trinajstić information content (AvgIpc) is 3.53. The van der Waals surface area contributed by atoms with Gasteiger partial charge >= 0.3 is 0 Å². The fourth-order valence-electron chi connectivity index (χ4n) is 3.82. The molecule has 7 nitrogen and oxygen atoms in total. The first-order valence-corrected chi connectivity index (χ1v) is 10.5. The molecule has 30 heavy (non-hydrogen) atoms. The maximum absolute atomic E-state index is 12.8. The molecule has 0 spiro atoms. The predicted molar refractivity (Wildman–Crippen MR) is 116 cm³/mol. The average molecular weight is 406 g/mol. The van der Waals surface area contributed by atoms with Gasteiger partial charge in [0.15, 0.2) is 5.82 Å². The van der Waals surface area contributed by atoms with Gasteiger partial charge in [-0.1, -0.05) is 25.6 Å². The van der Waals surface area contributed by atoms with E-state index in [1.807, 2.05) is 31.2 Å². The smallest absolute Gasteiger partial charge is 0.246 e. The Morgan fingerprint density at radius 2 is 2.23 bits per heavy atom. The lowest BCUT2D eigenvalue weighted by atomic mass is 9.95. The molecule has 2 aliphatic rings. The number of anilines is 1. The van der Waals surface area contributed by atoms with Crippen molar-refractivity contribution in [2.45, 2.75) is 44.4 Å². The van der Waals surface area contributed by atoms with Crippen molar-refractivity contribution in [3.8, 4) is 0 Å². The van der Waals surface area contributed by atoms with Crippen molar-refractivity contribution in [2.24, 2.45) is 0 Å². The summed E-state index contributed by atoms with van der Waals surface area (Å²) in [4.78, 5) is 30.9. The number of aromatic amines is 1. The van der Waals surface area contributed by atoms with Gasteiger partial charge in [-0.25, -0.2) is 0 Å². The maximum atomic E-state index is 12.8. The Morgan fingerprint density at radius 3 is 2.83 bits per heavy atom. The van der Waals surface area contributed by atoms with E-state index in [1.54, 1.807) is 11.1 Å². The molecule has 0 bridgehead atoms. The highest BCUT2D eigenvalue weighted by Crippen LogP contribution is 2.39. The van der Waals surface area contributed by atoms with Crippen LogP contribution in [-0.4, -0.2) is 45.0 Å². The number of nitrogens with zero attached hydrogens (tertiary/aromatic N) is 3. The van der Waals surface area contributed by atoms with Crippen molar-refractivity contribution >= 4 is 23.2 Å². The second-order valence-electron chi connectivity index (χ2n) is 7.88. The SMILES string of the molecule is C=CC(=O)N1CC=C(c2ccc(C(CC)C(=O)Nc3cc(C4CC4)[nH]n3)cn2)CC1. The number of rotatable bonds is 7. The minimum Gasteiger partial charge on any atom is -0.335 e. The van der Waals surface area contributed by atoms with Gasteiger partial charge in [0.1, 0.15) is 0 Å². The fourth-order valence-corrected chi connectivity index (χ4v) is 3.82. The predicted octanol–water partition coefficient (Wildman–Crippen LogP) is 3.62. The van der Waals surface area contributed by atoms with Crippen LogP contribution in [0.5, 0.6) is 0 Å². The summed E-state index contributed by atoms with van der Waals surface area (Å²) in [7, 11) is 0. The molecule has 3 heterocycles. The molecule has 0 aromatic carbocycles. The lowest BCUT2D eigenvalue weighted by molar-refractivity contribution is -0.125. The second kappa shape index (κ2) is 8.65. The largest absolute Gasteiger partial charge is 0.335 e. The minimum absolute atomic E-state index is 0.0495. The van der Waals surface area contributed by atoms with Crippen LogP contribution in [0.25, 0.3) is 5.57 Å². The molecular formula is C23H27N5O2. The molecule has 1 unspecified atom stereocenters. The Balaban J connectivity index is 1.41. The van der Waals surface area contributed by atoms with Crippen LogP contribution in [0, 0.1) is 0 Å². The van der Waals surface area contributed by atoms with Crippen LogP contribution in [0.3, 0.4) is 0 Å². The van der Waals surface area contributed by atoms with E-state index in [0.29, 0.717) is 31.2 Å². The van der Waals surface area contributed by atoms with Crippen LogP contribution in [0.1, 0.15) is 61.4 Å². The molecule has 0 radical (unpaired) electrons. The lowest BCUT2D eigenvalue weighted by Gasteiger charge is -2.25. The number of H-pyrrole nitrogens is 1. The zero-order chi connectivity index (χ0) is 21.1. The first-order chi connectivity index (χ1) is 14.6. The van der Waals surface area contributed by atoms with E-state index in [1.165, 1.54) is 18.9 Å². The molecule has 2 aromatic rings. The third-order valence-corrected chi connectivity index (χ3v) is 5.80. The third-order valence-electron chi connectivity index (χ3n) is 5.80. The quantitative estimate of drug-likeness (QED) is 0.689. The van der Waals surface area contributed by atoms with Gasteiger partial charge in [0, 0.05) is 37.0 Å². The van der Waals surface area contributed by atoms with E-state index < -0.39 is 0 Å². The van der Waals surface area contributed by atoms with Crippen molar-refractivity contribution < 1.29 is 9.59 Å². The highest BCUT2D eigenvalue weighted by atomic mass is 16.2. The van der Waals surface area contributed by atoms with Crippen LogP contribution < -0.4 is 5.32 Å². The number of hydrogen-bond acceptors (Lipinski definition) is 4. The maximum Gasteiger partial charge on any atom is 0.246 e. The summed E-state index contributed by atoms with van der Waals surface area (Å²) in [5, 5.41) is 10.2. The first kappa shape index (κ1) is 20.1.